The minimum Gasteiger partial charge on any atom is -0.312 e. The Labute approximate surface area is 98.3 Å². The number of benzene rings is 1. The van der Waals surface area contributed by atoms with Crippen LogP contribution in [0.3, 0.4) is 0 Å². The summed E-state index contributed by atoms with van der Waals surface area (Å²) in [6.07, 6.45) is 1.59. The van der Waals surface area contributed by atoms with Crippen LogP contribution in [-0.4, -0.2) is 6.54 Å². The Bertz CT molecular complexity index is 336. The van der Waals surface area contributed by atoms with E-state index in [1.165, 1.54) is 5.56 Å². The monoisotopic (exact) mass is 216 g/mol. The van der Waals surface area contributed by atoms with Gasteiger partial charge in [-0.25, -0.2) is 0 Å². The number of rotatable bonds is 6. The maximum atomic E-state index is 8.56. The van der Waals surface area contributed by atoms with E-state index in [-0.39, 0.29) is 5.41 Å². The zero-order valence-electron chi connectivity index (χ0n) is 10.2. The molecule has 0 unspecified atom stereocenters. The van der Waals surface area contributed by atoms with E-state index >= 15 is 0 Å². The van der Waals surface area contributed by atoms with E-state index in [0.29, 0.717) is 6.42 Å². The molecule has 1 aromatic carbocycles. The topological polar surface area (TPSA) is 35.8 Å². The summed E-state index contributed by atoms with van der Waals surface area (Å²) >= 11 is 0. The molecule has 0 bridgehead atoms. The van der Waals surface area contributed by atoms with Crippen LogP contribution in [0.4, 0.5) is 0 Å². The standard InChI is InChI=1S/C14H20N2/c1-14(2,9-6-10-15)12-16-11-13-7-4-3-5-8-13/h3-5,7-8,16H,6,9,11-12H2,1-2H3. The van der Waals surface area contributed by atoms with Gasteiger partial charge >= 0.3 is 0 Å². The van der Waals surface area contributed by atoms with Crippen molar-refractivity contribution in [1.29, 1.82) is 5.26 Å². The van der Waals surface area contributed by atoms with Crippen LogP contribution in [0.25, 0.3) is 0 Å². The number of hydrogen-bond donors (Lipinski definition) is 1. The van der Waals surface area contributed by atoms with E-state index in [1.54, 1.807) is 0 Å². The fraction of sp³-hybridized carbons (Fsp3) is 0.500. The second-order valence-corrected chi connectivity index (χ2v) is 4.91. The van der Waals surface area contributed by atoms with Gasteiger partial charge < -0.3 is 5.32 Å². The first-order valence-corrected chi connectivity index (χ1v) is 5.76. The Balaban J connectivity index is 2.27. The first-order chi connectivity index (χ1) is 7.64. The van der Waals surface area contributed by atoms with Gasteiger partial charge in [0.05, 0.1) is 6.07 Å². The first kappa shape index (κ1) is 12.7. The van der Waals surface area contributed by atoms with Gasteiger partial charge in [0.15, 0.2) is 0 Å². The third-order valence-corrected chi connectivity index (χ3v) is 2.69. The van der Waals surface area contributed by atoms with Gasteiger partial charge in [-0.3, -0.25) is 0 Å². The van der Waals surface area contributed by atoms with Crippen molar-refractivity contribution in [3.8, 4) is 6.07 Å². The third kappa shape index (κ3) is 4.95. The van der Waals surface area contributed by atoms with E-state index in [4.69, 9.17) is 5.26 Å². The summed E-state index contributed by atoms with van der Waals surface area (Å²) in [5.41, 5.74) is 1.50. The summed E-state index contributed by atoms with van der Waals surface area (Å²) in [7, 11) is 0. The van der Waals surface area contributed by atoms with Crippen LogP contribution >= 0.6 is 0 Å². The molecule has 0 heterocycles. The summed E-state index contributed by atoms with van der Waals surface area (Å²) in [5.74, 6) is 0. The van der Waals surface area contributed by atoms with Crippen molar-refractivity contribution in [3.05, 3.63) is 35.9 Å². The second kappa shape index (κ2) is 6.30. The van der Waals surface area contributed by atoms with E-state index in [1.807, 2.05) is 6.07 Å². The molecule has 0 saturated carbocycles. The highest BCUT2D eigenvalue weighted by Crippen LogP contribution is 2.20. The Hall–Kier alpha value is -1.33. The number of nitrogens with one attached hydrogen (secondary N) is 1. The zero-order chi connectivity index (χ0) is 11.9. The van der Waals surface area contributed by atoms with E-state index < -0.39 is 0 Å². The predicted molar refractivity (Wildman–Crippen MR) is 66.8 cm³/mol. The Kier molecular flexibility index (Phi) is 5.01. The summed E-state index contributed by atoms with van der Waals surface area (Å²) in [5, 5.41) is 12.0. The molecular formula is C14H20N2. The van der Waals surface area contributed by atoms with Crippen molar-refractivity contribution < 1.29 is 0 Å². The van der Waals surface area contributed by atoms with Crippen LogP contribution in [0.2, 0.25) is 0 Å². The van der Waals surface area contributed by atoms with Crippen LogP contribution in [0.5, 0.6) is 0 Å². The minimum absolute atomic E-state index is 0.199. The second-order valence-electron chi connectivity index (χ2n) is 4.91. The fourth-order valence-corrected chi connectivity index (χ4v) is 1.62. The van der Waals surface area contributed by atoms with Crippen LogP contribution in [0, 0.1) is 16.7 Å². The molecule has 16 heavy (non-hydrogen) atoms. The van der Waals surface area contributed by atoms with E-state index in [9.17, 15) is 0 Å². The molecule has 0 amide bonds. The highest BCUT2D eigenvalue weighted by molar-refractivity contribution is 5.14. The first-order valence-electron chi connectivity index (χ1n) is 5.76. The van der Waals surface area contributed by atoms with Gasteiger partial charge in [0.1, 0.15) is 0 Å². The van der Waals surface area contributed by atoms with Crippen molar-refractivity contribution in [2.45, 2.75) is 33.2 Å². The lowest BCUT2D eigenvalue weighted by atomic mass is 9.88. The van der Waals surface area contributed by atoms with Gasteiger partial charge in [-0.15, -0.1) is 0 Å². The lowest BCUT2D eigenvalue weighted by molar-refractivity contribution is 0.317. The van der Waals surface area contributed by atoms with Gasteiger partial charge in [-0.2, -0.15) is 5.26 Å². The number of hydrogen-bond acceptors (Lipinski definition) is 2. The average molecular weight is 216 g/mol. The molecule has 0 aliphatic carbocycles. The molecule has 0 fully saturated rings. The molecule has 0 aliphatic heterocycles. The van der Waals surface area contributed by atoms with Crippen LogP contribution in [0.1, 0.15) is 32.3 Å². The largest absolute Gasteiger partial charge is 0.312 e. The van der Waals surface area contributed by atoms with Crippen molar-refractivity contribution in [2.24, 2.45) is 5.41 Å². The lowest BCUT2D eigenvalue weighted by Gasteiger charge is -2.23. The Morgan fingerprint density at radius 2 is 1.94 bits per heavy atom. The van der Waals surface area contributed by atoms with Gasteiger partial charge in [-0.05, 0) is 17.4 Å². The number of nitriles is 1. The van der Waals surface area contributed by atoms with E-state index in [2.05, 4.69) is 49.5 Å². The molecule has 0 spiro atoms. The van der Waals surface area contributed by atoms with Crippen molar-refractivity contribution in [2.75, 3.05) is 6.54 Å². The van der Waals surface area contributed by atoms with Crippen molar-refractivity contribution in [1.82, 2.24) is 5.32 Å². The molecule has 0 radical (unpaired) electrons. The maximum absolute atomic E-state index is 8.56. The molecule has 0 aromatic heterocycles. The highest BCUT2D eigenvalue weighted by Gasteiger charge is 2.16. The zero-order valence-corrected chi connectivity index (χ0v) is 10.2. The van der Waals surface area contributed by atoms with Gasteiger partial charge in [0.2, 0.25) is 0 Å². The molecule has 2 nitrogen and oxygen atoms in total. The van der Waals surface area contributed by atoms with Gasteiger partial charge in [0, 0.05) is 19.5 Å². The fourth-order valence-electron chi connectivity index (χ4n) is 1.62. The smallest absolute Gasteiger partial charge is 0.0621 e. The third-order valence-electron chi connectivity index (χ3n) is 2.69. The lowest BCUT2D eigenvalue weighted by Crippen LogP contribution is -2.28. The quantitative estimate of drug-likeness (QED) is 0.793. The Morgan fingerprint density at radius 1 is 1.25 bits per heavy atom. The average Bonchev–Trinajstić information content (AvgIpc) is 2.28. The number of nitrogens with zero attached hydrogens (tertiary/aromatic N) is 1. The molecular weight excluding hydrogens is 196 g/mol. The van der Waals surface area contributed by atoms with Crippen molar-refractivity contribution in [3.63, 3.8) is 0 Å². The normalized spacial score (nSPS) is 11.1. The molecule has 0 aliphatic rings. The summed E-state index contributed by atoms with van der Waals surface area (Å²) in [6.45, 7) is 6.24. The summed E-state index contributed by atoms with van der Waals surface area (Å²) < 4.78 is 0. The minimum atomic E-state index is 0.199. The molecule has 2 heteroatoms. The van der Waals surface area contributed by atoms with E-state index in [0.717, 1.165) is 19.5 Å². The highest BCUT2D eigenvalue weighted by atomic mass is 14.9. The summed E-state index contributed by atoms with van der Waals surface area (Å²) in [6, 6.07) is 12.6. The molecule has 1 N–H and O–H groups in total. The van der Waals surface area contributed by atoms with Gasteiger partial charge in [-0.1, -0.05) is 44.2 Å². The molecule has 0 saturated heterocycles. The van der Waals surface area contributed by atoms with Crippen molar-refractivity contribution >= 4 is 0 Å². The molecule has 1 aromatic rings. The summed E-state index contributed by atoms with van der Waals surface area (Å²) in [4.78, 5) is 0. The maximum Gasteiger partial charge on any atom is 0.0621 e. The molecule has 1 rings (SSSR count). The van der Waals surface area contributed by atoms with Gasteiger partial charge in [0.25, 0.3) is 0 Å². The van der Waals surface area contributed by atoms with Crippen LogP contribution < -0.4 is 5.32 Å². The molecule has 0 atom stereocenters. The van der Waals surface area contributed by atoms with Crippen LogP contribution in [0.15, 0.2) is 30.3 Å². The predicted octanol–water partition coefficient (Wildman–Crippen LogP) is 3.11. The molecule has 86 valence electrons. The SMILES string of the molecule is CC(C)(CCC#N)CNCc1ccccc1. The van der Waals surface area contributed by atoms with Crippen LogP contribution in [-0.2, 0) is 6.54 Å². The Morgan fingerprint density at radius 3 is 2.56 bits per heavy atom.